The van der Waals surface area contributed by atoms with E-state index < -0.39 is 0 Å². The lowest BCUT2D eigenvalue weighted by Gasteiger charge is -2.21. The first kappa shape index (κ1) is 8.84. The molecule has 56 valence electrons. The topological polar surface area (TPSA) is 58.5 Å². The van der Waals surface area contributed by atoms with Crippen LogP contribution in [0, 0.1) is 0 Å². The highest BCUT2D eigenvalue weighted by Crippen LogP contribution is 1.80. The van der Waals surface area contributed by atoms with Crippen molar-refractivity contribution in [1.29, 1.82) is 0 Å². The molecule has 4 heteroatoms. The van der Waals surface area contributed by atoms with Crippen LogP contribution in [0.2, 0.25) is 0 Å². The van der Waals surface area contributed by atoms with Gasteiger partial charge in [-0.05, 0) is 14.1 Å². The third kappa shape index (κ3) is 4.35. The van der Waals surface area contributed by atoms with Crippen LogP contribution < -0.4 is 11.5 Å². The van der Waals surface area contributed by atoms with Crippen molar-refractivity contribution in [1.82, 2.24) is 9.80 Å². The van der Waals surface area contributed by atoms with Gasteiger partial charge in [-0.1, -0.05) is 0 Å². The van der Waals surface area contributed by atoms with Gasteiger partial charge in [0.25, 0.3) is 0 Å². The summed E-state index contributed by atoms with van der Waals surface area (Å²) in [6.07, 6.45) is 0. The summed E-state index contributed by atoms with van der Waals surface area (Å²) < 4.78 is 0. The summed E-state index contributed by atoms with van der Waals surface area (Å²) in [5.74, 6) is 0. The normalized spacial score (nSPS) is 11.3. The van der Waals surface area contributed by atoms with E-state index in [2.05, 4.69) is 0 Å². The fraction of sp³-hybridized carbons (Fsp3) is 1.00. The summed E-state index contributed by atoms with van der Waals surface area (Å²) in [7, 11) is 3.97. The van der Waals surface area contributed by atoms with Crippen LogP contribution in [0.15, 0.2) is 0 Å². The average molecular weight is 132 g/mol. The van der Waals surface area contributed by atoms with Crippen molar-refractivity contribution in [2.24, 2.45) is 11.5 Å². The molecule has 4 N–H and O–H groups in total. The molecule has 0 spiro atoms. The van der Waals surface area contributed by atoms with E-state index in [4.69, 9.17) is 11.5 Å². The second-order valence-corrected chi connectivity index (χ2v) is 2.26. The summed E-state index contributed by atoms with van der Waals surface area (Å²) in [5.41, 5.74) is 10.7. The van der Waals surface area contributed by atoms with Gasteiger partial charge in [-0.2, -0.15) is 0 Å². The molecule has 0 fully saturated rings. The fourth-order valence-corrected chi connectivity index (χ4v) is 0.590. The van der Waals surface area contributed by atoms with E-state index in [0.29, 0.717) is 13.3 Å². The third-order valence-corrected chi connectivity index (χ3v) is 0.999. The van der Waals surface area contributed by atoms with Gasteiger partial charge in [-0.3, -0.25) is 9.80 Å². The molecule has 0 saturated carbocycles. The molecule has 0 bridgehead atoms. The highest BCUT2D eigenvalue weighted by atomic mass is 15.3. The molecule has 0 radical (unpaired) electrons. The first-order valence-corrected chi connectivity index (χ1v) is 2.98. The van der Waals surface area contributed by atoms with Crippen molar-refractivity contribution >= 4 is 0 Å². The molecule has 0 atom stereocenters. The molecule has 0 amide bonds. The zero-order chi connectivity index (χ0) is 7.28. The smallest absolute Gasteiger partial charge is 0.0524 e. The van der Waals surface area contributed by atoms with Gasteiger partial charge in [0.1, 0.15) is 0 Å². The maximum absolute atomic E-state index is 5.35. The molecule has 9 heavy (non-hydrogen) atoms. The van der Waals surface area contributed by atoms with E-state index in [1.807, 2.05) is 23.9 Å². The van der Waals surface area contributed by atoms with Gasteiger partial charge in [-0.15, -0.1) is 0 Å². The molecule has 0 aromatic carbocycles. The van der Waals surface area contributed by atoms with Crippen LogP contribution >= 0.6 is 0 Å². The number of nitrogens with two attached hydrogens (primary N) is 2. The minimum absolute atomic E-state index is 0.522. The molecular weight excluding hydrogens is 116 g/mol. The summed E-state index contributed by atoms with van der Waals surface area (Å²) in [6, 6.07) is 0. The van der Waals surface area contributed by atoms with Crippen LogP contribution in [0.1, 0.15) is 0 Å². The van der Waals surface area contributed by atoms with Crippen LogP contribution in [-0.2, 0) is 0 Å². The Balaban J connectivity index is 3.31. The van der Waals surface area contributed by atoms with Gasteiger partial charge in [0, 0.05) is 13.3 Å². The van der Waals surface area contributed by atoms with E-state index in [1.54, 1.807) is 0 Å². The first-order chi connectivity index (χ1) is 4.20. The van der Waals surface area contributed by atoms with E-state index in [-0.39, 0.29) is 0 Å². The summed E-state index contributed by atoms with van der Waals surface area (Å²) in [4.78, 5) is 3.96. The molecule has 0 aliphatic heterocycles. The Morgan fingerprint density at radius 1 is 1.11 bits per heavy atom. The number of hydrogen-bond acceptors (Lipinski definition) is 4. The summed E-state index contributed by atoms with van der Waals surface area (Å²) >= 11 is 0. The Labute approximate surface area is 56.4 Å². The van der Waals surface area contributed by atoms with E-state index in [0.717, 1.165) is 6.67 Å². The molecule has 0 saturated heterocycles. The highest BCUT2D eigenvalue weighted by molar-refractivity contribution is 4.46. The van der Waals surface area contributed by atoms with Gasteiger partial charge in [0.15, 0.2) is 0 Å². The van der Waals surface area contributed by atoms with Crippen LogP contribution in [0.5, 0.6) is 0 Å². The van der Waals surface area contributed by atoms with E-state index in [9.17, 15) is 0 Å². The lowest BCUT2D eigenvalue weighted by atomic mass is 10.7. The van der Waals surface area contributed by atoms with Crippen molar-refractivity contribution in [2.75, 3.05) is 34.1 Å². The monoisotopic (exact) mass is 132 g/mol. The number of hydrogen-bond donors (Lipinski definition) is 2. The van der Waals surface area contributed by atoms with Gasteiger partial charge >= 0.3 is 0 Å². The van der Waals surface area contributed by atoms with Gasteiger partial charge in [0.2, 0.25) is 0 Å². The molecule has 0 heterocycles. The van der Waals surface area contributed by atoms with Gasteiger partial charge in [0.05, 0.1) is 6.67 Å². The second kappa shape index (κ2) is 4.69. The minimum Gasteiger partial charge on any atom is -0.318 e. The van der Waals surface area contributed by atoms with Gasteiger partial charge in [-0.25, -0.2) is 0 Å². The number of rotatable bonds is 4. The Bertz CT molecular complexity index is 60.0. The molecule has 0 aromatic rings. The number of nitrogens with zero attached hydrogens (tertiary/aromatic N) is 2. The van der Waals surface area contributed by atoms with Gasteiger partial charge < -0.3 is 11.5 Å². The average Bonchev–Trinajstić information content (AvgIpc) is 1.82. The van der Waals surface area contributed by atoms with E-state index in [1.165, 1.54) is 0 Å². The molecule has 0 rings (SSSR count). The predicted molar refractivity (Wildman–Crippen MR) is 38.5 cm³/mol. The zero-order valence-electron chi connectivity index (χ0n) is 6.17. The summed E-state index contributed by atoms with van der Waals surface area (Å²) in [6.45, 7) is 1.87. The van der Waals surface area contributed by atoms with Crippen molar-refractivity contribution < 1.29 is 0 Å². The van der Waals surface area contributed by atoms with Crippen LogP contribution in [0.25, 0.3) is 0 Å². The standard InChI is InChI=1S/C5H16N4/c1-8(2)5-9(3-6)4-7/h3-7H2,1-2H3. The molecule has 0 aromatic heterocycles. The van der Waals surface area contributed by atoms with E-state index >= 15 is 0 Å². The largest absolute Gasteiger partial charge is 0.318 e. The van der Waals surface area contributed by atoms with Crippen LogP contribution in [0.4, 0.5) is 0 Å². The summed E-state index contributed by atoms with van der Waals surface area (Å²) in [5, 5.41) is 0. The third-order valence-electron chi connectivity index (χ3n) is 0.999. The first-order valence-electron chi connectivity index (χ1n) is 2.98. The fourth-order valence-electron chi connectivity index (χ4n) is 0.590. The molecule has 4 nitrogen and oxygen atoms in total. The Kier molecular flexibility index (Phi) is 4.61. The van der Waals surface area contributed by atoms with Crippen molar-refractivity contribution in [3.8, 4) is 0 Å². The predicted octanol–water partition coefficient (Wildman–Crippen LogP) is -1.36. The maximum atomic E-state index is 5.35. The Morgan fingerprint density at radius 3 is 1.67 bits per heavy atom. The van der Waals surface area contributed by atoms with Crippen molar-refractivity contribution in [3.63, 3.8) is 0 Å². The van der Waals surface area contributed by atoms with Crippen LogP contribution in [-0.4, -0.2) is 43.9 Å². The maximum Gasteiger partial charge on any atom is 0.0524 e. The highest BCUT2D eigenvalue weighted by Gasteiger charge is 1.98. The minimum atomic E-state index is 0.522. The van der Waals surface area contributed by atoms with Crippen molar-refractivity contribution in [2.45, 2.75) is 0 Å². The quantitative estimate of drug-likeness (QED) is 0.464. The second-order valence-electron chi connectivity index (χ2n) is 2.26. The van der Waals surface area contributed by atoms with Crippen molar-refractivity contribution in [3.05, 3.63) is 0 Å². The molecular formula is C5H16N4. The zero-order valence-corrected chi connectivity index (χ0v) is 6.17. The molecule has 0 aliphatic rings. The molecule has 0 unspecified atom stereocenters. The Morgan fingerprint density at radius 2 is 1.56 bits per heavy atom. The Hall–Kier alpha value is -0.160. The van der Waals surface area contributed by atoms with Crippen LogP contribution in [0.3, 0.4) is 0 Å². The lowest BCUT2D eigenvalue weighted by Crippen LogP contribution is -2.41. The lowest BCUT2D eigenvalue weighted by molar-refractivity contribution is 0.184. The molecule has 0 aliphatic carbocycles. The SMILES string of the molecule is CN(C)CN(CN)CN.